The van der Waals surface area contributed by atoms with Crippen LogP contribution >= 0.6 is 0 Å². The smallest absolute Gasteiger partial charge is 0.354 e. The lowest BCUT2D eigenvalue weighted by Crippen LogP contribution is -2.39. The van der Waals surface area contributed by atoms with E-state index in [0.717, 1.165) is 6.07 Å². The highest BCUT2D eigenvalue weighted by atomic mass is 19.4. The Balaban J connectivity index is 1.61. The van der Waals surface area contributed by atoms with Crippen LogP contribution in [0.2, 0.25) is 0 Å². The SMILES string of the molecule is Cc1nc(N2CCC(NC(=O)Nc3ccc(F)cc3)C2)cc(C(F)(F)F)n1. The largest absolute Gasteiger partial charge is 0.433 e. The molecular formula is C17H17F4N5O. The summed E-state index contributed by atoms with van der Waals surface area (Å²) in [6.07, 6.45) is -3.99. The fourth-order valence-electron chi connectivity index (χ4n) is 2.83. The van der Waals surface area contributed by atoms with Crippen molar-refractivity contribution in [2.45, 2.75) is 25.6 Å². The van der Waals surface area contributed by atoms with Gasteiger partial charge in [-0.15, -0.1) is 0 Å². The summed E-state index contributed by atoms with van der Waals surface area (Å²) < 4.78 is 51.6. The molecule has 1 aromatic heterocycles. The second kappa shape index (κ2) is 7.37. The van der Waals surface area contributed by atoms with Gasteiger partial charge in [-0.1, -0.05) is 0 Å². The quantitative estimate of drug-likeness (QED) is 0.798. The van der Waals surface area contributed by atoms with Crippen LogP contribution in [-0.4, -0.2) is 35.1 Å². The molecule has 1 atom stereocenters. The first kappa shape index (κ1) is 18.9. The molecule has 1 fully saturated rings. The van der Waals surface area contributed by atoms with Crippen molar-refractivity contribution in [2.24, 2.45) is 0 Å². The number of carbonyl (C=O) groups excluding carboxylic acids is 1. The van der Waals surface area contributed by atoms with Gasteiger partial charge in [0.1, 0.15) is 23.2 Å². The van der Waals surface area contributed by atoms with Gasteiger partial charge in [0.15, 0.2) is 0 Å². The highest BCUT2D eigenvalue weighted by Crippen LogP contribution is 2.30. The Morgan fingerprint density at radius 3 is 2.59 bits per heavy atom. The van der Waals surface area contributed by atoms with E-state index >= 15 is 0 Å². The number of hydrogen-bond donors (Lipinski definition) is 2. The number of aryl methyl sites for hydroxylation is 1. The number of carbonyl (C=O) groups is 1. The highest BCUT2D eigenvalue weighted by molar-refractivity contribution is 5.89. The molecule has 0 saturated carbocycles. The normalized spacial score (nSPS) is 17.1. The second-order valence-corrected chi connectivity index (χ2v) is 6.19. The summed E-state index contributed by atoms with van der Waals surface area (Å²) in [6, 6.07) is 5.49. The first-order chi connectivity index (χ1) is 12.7. The Bertz CT molecular complexity index is 825. The summed E-state index contributed by atoms with van der Waals surface area (Å²) in [4.78, 5) is 21.2. The standard InChI is InChI=1S/C17H17F4N5O/c1-10-22-14(17(19,20)21)8-15(23-10)26-7-6-13(9-26)25-16(27)24-12-4-2-11(18)3-5-12/h2-5,8,13H,6-7,9H2,1H3,(H2,24,25,27). The van der Waals surface area contributed by atoms with Gasteiger partial charge in [0.2, 0.25) is 0 Å². The van der Waals surface area contributed by atoms with E-state index in [1.54, 1.807) is 4.90 Å². The molecule has 10 heteroatoms. The average Bonchev–Trinajstić information content (AvgIpc) is 3.04. The van der Waals surface area contributed by atoms with Gasteiger partial charge < -0.3 is 15.5 Å². The lowest BCUT2D eigenvalue weighted by molar-refractivity contribution is -0.141. The number of aromatic nitrogens is 2. The zero-order valence-corrected chi connectivity index (χ0v) is 14.3. The molecule has 0 radical (unpaired) electrons. The molecule has 1 unspecified atom stereocenters. The molecule has 2 amide bonds. The van der Waals surface area contributed by atoms with Gasteiger partial charge in [-0.25, -0.2) is 19.2 Å². The highest BCUT2D eigenvalue weighted by Gasteiger charge is 2.34. The minimum absolute atomic E-state index is 0.0327. The number of halogens is 4. The Labute approximate surface area is 152 Å². The number of urea groups is 1. The van der Waals surface area contributed by atoms with E-state index in [2.05, 4.69) is 20.6 Å². The van der Waals surface area contributed by atoms with Crippen LogP contribution < -0.4 is 15.5 Å². The average molecular weight is 383 g/mol. The molecule has 0 aliphatic carbocycles. The first-order valence-corrected chi connectivity index (χ1v) is 8.21. The van der Waals surface area contributed by atoms with Crippen LogP contribution in [0.1, 0.15) is 17.9 Å². The van der Waals surface area contributed by atoms with Crippen molar-refractivity contribution in [3.8, 4) is 0 Å². The van der Waals surface area contributed by atoms with Gasteiger partial charge in [0.05, 0.1) is 0 Å². The van der Waals surface area contributed by atoms with Crippen molar-refractivity contribution >= 4 is 17.5 Å². The summed E-state index contributed by atoms with van der Waals surface area (Å²) in [5, 5.41) is 5.33. The number of alkyl halides is 3. The maximum absolute atomic E-state index is 12.9. The van der Waals surface area contributed by atoms with E-state index in [-0.39, 0.29) is 17.7 Å². The third kappa shape index (κ3) is 4.83. The Morgan fingerprint density at radius 1 is 1.22 bits per heavy atom. The van der Waals surface area contributed by atoms with Crippen molar-refractivity contribution in [3.63, 3.8) is 0 Å². The molecule has 1 saturated heterocycles. The van der Waals surface area contributed by atoms with E-state index < -0.39 is 23.7 Å². The van der Waals surface area contributed by atoms with Gasteiger partial charge in [0, 0.05) is 30.9 Å². The van der Waals surface area contributed by atoms with Crippen molar-refractivity contribution in [2.75, 3.05) is 23.3 Å². The van der Waals surface area contributed by atoms with Crippen LogP contribution in [0.3, 0.4) is 0 Å². The van der Waals surface area contributed by atoms with Crippen molar-refractivity contribution in [1.29, 1.82) is 0 Å². The Morgan fingerprint density at radius 2 is 1.93 bits per heavy atom. The maximum Gasteiger partial charge on any atom is 0.433 e. The van der Waals surface area contributed by atoms with Crippen LogP contribution in [0.4, 0.5) is 33.9 Å². The van der Waals surface area contributed by atoms with E-state index in [4.69, 9.17) is 0 Å². The van der Waals surface area contributed by atoms with Crippen LogP contribution in [-0.2, 0) is 6.18 Å². The summed E-state index contributed by atoms with van der Waals surface area (Å²) in [5.74, 6) is -0.200. The third-order valence-corrected chi connectivity index (χ3v) is 4.06. The molecule has 0 spiro atoms. The van der Waals surface area contributed by atoms with Crippen LogP contribution in [0.25, 0.3) is 0 Å². The number of benzene rings is 1. The van der Waals surface area contributed by atoms with Crippen molar-refractivity contribution in [3.05, 3.63) is 47.7 Å². The van der Waals surface area contributed by atoms with Crippen LogP contribution in [0, 0.1) is 12.7 Å². The number of nitrogens with one attached hydrogen (secondary N) is 2. The third-order valence-electron chi connectivity index (χ3n) is 4.06. The topological polar surface area (TPSA) is 70.2 Å². The predicted octanol–water partition coefficient (Wildman–Crippen LogP) is 3.34. The minimum Gasteiger partial charge on any atom is -0.354 e. The minimum atomic E-state index is -4.55. The number of amides is 2. The van der Waals surface area contributed by atoms with Crippen LogP contribution in [0.5, 0.6) is 0 Å². The van der Waals surface area contributed by atoms with E-state index in [1.165, 1.54) is 31.2 Å². The first-order valence-electron chi connectivity index (χ1n) is 8.21. The summed E-state index contributed by atoms with van der Waals surface area (Å²) in [6.45, 7) is 2.18. The molecule has 27 heavy (non-hydrogen) atoms. The monoisotopic (exact) mass is 383 g/mol. The lowest BCUT2D eigenvalue weighted by atomic mass is 10.2. The summed E-state index contributed by atoms with van der Waals surface area (Å²) >= 11 is 0. The zero-order chi connectivity index (χ0) is 19.6. The van der Waals surface area contributed by atoms with Gasteiger partial charge in [-0.3, -0.25) is 0 Å². The van der Waals surface area contributed by atoms with Gasteiger partial charge >= 0.3 is 12.2 Å². The van der Waals surface area contributed by atoms with E-state index in [9.17, 15) is 22.4 Å². The number of hydrogen-bond acceptors (Lipinski definition) is 4. The number of nitrogens with zero attached hydrogens (tertiary/aromatic N) is 3. The Kier molecular flexibility index (Phi) is 5.15. The van der Waals surface area contributed by atoms with Crippen LogP contribution in [0.15, 0.2) is 30.3 Å². The van der Waals surface area contributed by atoms with Gasteiger partial charge in [-0.2, -0.15) is 13.2 Å². The van der Waals surface area contributed by atoms with E-state index in [1.807, 2.05) is 0 Å². The molecule has 2 aromatic rings. The maximum atomic E-state index is 12.9. The van der Waals surface area contributed by atoms with Gasteiger partial charge in [-0.05, 0) is 37.6 Å². The molecule has 2 heterocycles. The van der Waals surface area contributed by atoms with E-state index in [0.29, 0.717) is 25.2 Å². The predicted molar refractivity (Wildman–Crippen MR) is 90.9 cm³/mol. The molecule has 0 bridgehead atoms. The molecule has 144 valence electrons. The number of rotatable bonds is 3. The summed E-state index contributed by atoms with van der Waals surface area (Å²) in [7, 11) is 0. The fraction of sp³-hybridized carbons (Fsp3) is 0.353. The van der Waals surface area contributed by atoms with Crippen molar-refractivity contribution in [1.82, 2.24) is 15.3 Å². The molecule has 1 aliphatic rings. The fourth-order valence-corrected chi connectivity index (χ4v) is 2.83. The molecule has 6 nitrogen and oxygen atoms in total. The molecule has 1 aliphatic heterocycles. The lowest BCUT2D eigenvalue weighted by Gasteiger charge is -2.19. The summed E-state index contributed by atoms with van der Waals surface area (Å²) in [5.41, 5.74) is -0.555. The Hall–Kier alpha value is -2.91. The number of anilines is 2. The second-order valence-electron chi connectivity index (χ2n) is 6.19. The molecular weight excluding hydrogens is 366 g/mol. The zero-order valence-electron chi connectivity index (χ0n) is 14.3. The molecule has 2 N–H and O–H groups in total. The molecule has 3 rings (SSSR count). The van der Waals surface area contributed by atoms with Gasteiger partial charge in [0.25, 0.3) is 0 Å². The van der Waals surface area contributed by atoms with Crippen molar-refractivity contribution < 1.29 is 22.4 Å². The molecule has 1 aromatic carbocycles.